The standard InChI is InChI=1S/C47H50Cl2N10O8S2/c1-31(32-10-21-57(22-11-32)44(60)40(12-23-55-19-3-5-33(55)29-50)54-68(63,64)42-8-2-7-39-36(42)9-18-53-39)46(62)67-59(69(65,66)35-27-37(48)43(52)38(49)28-35)41(13-24-56-20-4-6-34(56)30-51)45(61)58-25-16-47(14-15-47)17-26-58/h2-9,18-20,27-28,40-41,53-54H,10-17,21-26,52H2,1H3. The van der Waals surface area contributed by atoms with E-state index in [1.807, 2.05) is 0 Å². The fraction of sp³-hybridized carbons (Fsp3) is 0.383. The van der Waals surface area contributed by atoms with Crippen molar-refractivity contribution < 1.29 is 36.1 Å². The number of anilines is 1. The third kappa shape index (κ3) is 10.4. The fourth-order valence-electron chi connectivity index (χ4n) is 9.11. The van der Waals surface area contributed by atoms with Crippen LogP contribution in [-0.4, -0.2) is 101 Å². The number of nitrogens with two attached hydrogens (primary N) is 1. The summed E-state index contributed by atoms with van der Waals surface area (Å²) < 4.78 is 63.8. The minimum atomic E-state index is -4.93. The molecule has 2 aromatic carbocycles. The van der Waals surface area contributed by atoms with Crippen molar-refractivity contribution in [2.75, 3.05) is 31.9 Å². The van der Waals surface area contributed by atoms with Crippen molar-refractivity contribution in [1.29, 1.82) is 10.5 Å². The molecule has 2 aliphatic heterocycles. The van der Waals surface area contributed by atoms with Crippen LogP contribution in [0.2, 0.25) is 10.0 Å². The number of hydrogen-bond donors (Lipinski definition) is 3. The summed E-state index contributed by atoms with van der Waals surface area (Å²) >= 11 is 12.7. The van der Waals surface area contributed by atoms with Gasteiger partial charge in [0.15, 0.2) is 0 Å². The highest BCUT2D eigenvalue weighted by molar-refractivity contribution is 7.90. The summed E-state index contributed by atoms with van der Waals surface area (Å²) in [6.07, 6.45) is 8.61. The summed E-state index contributed by atoms with van der Waals surface area (Å²) in [5, 5.41) is 19.4. The van der Waals surface area contributed by atoms with Crippen LogP contribution in [0.1, 0.15) is 69.7 Å². The normalized spacial score (nSPS) is 16.8. The molecule has 69 heavy (non-hydrogen) atoms. The average molecular weight is 1020 g/mol. The Bertz CT molecular complexity index is 3120. The quantitative estimate of drug-likeness (QED) is 0.0580. The number of rotatable bonds is 16. The maximum absolute atomic E-state index is 14.8. The molecular weight excluding hydrogens is 968 g/mol. The lowest BCUT2D eigenvalue weighted by atomic mass is 9.93. The zero-order chi connectivity index (χ0) is 49.3. The van der Waals surface area contributed by atoms with Crippen molar-refractivity contribution in [2.24, 2.45) is 5.41 Å². The first-order valence-corrected chi connectivity index (χ1v) is 26.1. The highest BCUT2D eigenvalue weighted by atomic mass is 35.5. The second kappa shape index (κ2) is 20.1. The Kier molecular flexibility index (Phi) is 14.3. The van der Waals surface area contributed by atoms with E-state index in [9.17, 15) is 41.7 Å². The fourth-order valence-corrected chi connectivity index (χ4v) is 12.6. The Morgan fingerprint density at radius 1 is 0.841 bits per heavy atom. The van der Waals surface area contributed by atoms with Crippen molar-refractivity contribution >= 4 is 77.6 Å². The number of likely N-dealkylation sites (tertiary alicyclic amines) is 2. The molecule has 2 amide bonds. The largest absolute Gasteiger partial charge is 0.396 e. The van der Waals surface area contributed by atoms with Crippen molar-refractivity contribution in [2.45, 2.75) is 93.3 Å². The summed E-state index contributed by atoms with van der Waals surface area (Å²) in [5.41, 5.74) is 7.86. The van der Waals surface area contributed by atoms with Crippen LogP contribution in [0.3, 0.4) is 0 Å². The molecule has 18 nitrogen and oxygen atoms in total. The second-order valence-corrected chi connectivity index (χ2v) is 22.0. The van der Waals surface area contributed by atoms with Gasteiger partial charge in [-0.1, -0.05) is 34.8 Å². The van der Waals surface area contributed by atoms with E-state index < -0.39 is 54.8 Å². The second-order valence-electron chi connectivity index (χ2n) is 17.7. The lowest BCUT2D eigenvalue weighted by Crippen LogP contribution is -2.53. The van der Waals surface area contributed by atoms with Gasteiger partial charge in [-0.05, 0) is 123 Å². The topological polar surface area (TPSA) is 250 Å². The Morgan fingerprint density at radius 3 is 2.03 bits per heavy atom. The van der Waals surface area contributed by atoms with Crippen LogP contribution in [0, 0.1) is 28.1 Å². The third-order valence-corrected chi connectivity index (χ3v) is 17.3. The molecule has 2 unspecified atom stereocenters. The number of nitriles is 2. The van der Waals surface area contributed by atoms with E-state index in [4.69, 9.17) is 33.8 Å². The van der Waals surface area contributed by atoms with Crippen LogP contribution >= 0.6 is 23.2 Å². The monoisotopic (exact) mass is 1020 g/mol. The number of carbonyl (C=O) groups excluding carboxylic acids is 3. The van der Waals surface area contributed by atoms with Crippen LogP contribution in [0.4, 0.5) is 5.69 Å². The number of nitrogen functional groups attached to an aromatic ring is 1. The predicted molar refractivity (Wildman–Crippen MR) is 256 cm³/mol. The van der Waals surface area contributed by atoms with Gasteiger partial charge in [-0.3, -0.25) is 9.59 Å². The Labute approximate surface area is 409 Å². The number of halogens is 2. The van der Waals surface area contributed by atoms with Crippen molar-refractivity contribution in [3.63, 3.8) is 0 Å². The number of fused-ring (bicyclic) bond motifs is 1. The first-order chi connectivity index (χ1) is 32.9. The summed E-state index contributed by atoms with van der Waals surface area (Å²) in [7, 11) is -9.19. The Morgan fingerprint density at radius 2 is 1.43 bits per heavy atom. The van der Waals surface area contributed by atoms with Crippen molar-refractivity contribution in [3.05, 3.63) is 112 Å². The number of H-pyrrole nitrogens is 1. The van der Waals surface area contributed by atoms with Gasteiger partial charge >= 0.3 is 5.97 Å². The molecule has 3 aliphatic rings. The number of amides is 2. The van der Waals surface area contributed by atoms with Gasteiger partial charge in [-0.2, -0.15) is 15.2 Å². The lowest BCUT2D eigenvalue weighted by molar-refractivity contribution is -0.176. The predicted octanol–water partition coefficient (Wildman–Crippen LogP) is 6.09. The van der Waals surface area contributed by atoms with Crippen LogP contribution in [-0.2, 0) is 52.4 Å². The summed E-state index contributed by atoms with van der Waals surface area (Å²) in [6.45, 7) is 2.50. The first kappa shape index (κ1) is 49.3. The number of aromatic nitrogens is 3. The van der Waals surface area contributed by atoms with E-state index >= 15 is 0 Å². The molecule has 3 fully saturated rings. The number of piperidine rings is 2. The van der Waals surface area contributed by atoms with E-state index in [0.717, 1.165) is 37.8 Å². The van der Waals surface area contributed by atoms with Gasteiger partial charge in [0, 0.05) is 74.3 Å². The van der Waals surface area contributed by atoms with E-state index in [1.54, 1.807) is 75.1 Å². The highest BCUT2D eigenvalue weighted by Gasteiger charge is 2.48. The van der Waals surface area contributed by atoms with Gasteiger partial charge < -0.3 is 34.5 Å². The number of sulfonamides is 2. The number of hydrogen-bond acceptors (Lipinski definition) is 11. The van der Waals surface area contributed by atoms with Gasteiger partial charge in [0.2, 0.25) is 21.8 Å². The molecule has 0 bridgehead atoms. The number of nitrogens with zero attached hydrogens (tertiary/aromatic N) is 7. The van der Waals surface area contributed by atoms with E-state index in [-0.39, 0.29) is 89.2 Å². The zero-order valence-electron chi connectivity index (χ0n) is 37.6. The van der Waals surface area contributed by atoms with Gasteiger partial charge in [-0.15, -0.1) is 0 Å². The number of hydroxylamine groups is 1. The summed E-state index contributed by atoms with van der Waals surface area (Å²) in [5.74, 6) is -2.18. The van der Waals surface area contributed by atoms with Gasteiger partial charge in [0.1, 0.15) is 35.6 Å². The molecular formula is C47H50Cl2N10O8S2. The molecule has 5 heterocycles. The van der Waals surface area contributed by atoms with E-state index in [1.165, 1.54) is 17.9 Å². The molecule has 2 saturated heterocycles. The van der Waals surface area contributed by atoms with Gasteiger partial charge in [0.25, 0.3) is 10.0 Å². The molecule has 2 atom stereocenters. The maximum Gasteiger partial charge on any atom is 0.353 e. The smallest absolute Gasteiger partial charge is 0.353 e. The molecule has 22 heteroatoms. The first-order valence-electron chi connectivity index (χ1n) is 22.4. The number of carbonyl (C=O) groups is 3. The van der Waals surface area contributed by atoms with E-state index in [0.29, 0.717) is 39.7 Å². The molecule has 362 valence electrons. The molecule has 4 N–H and O–H groups in total. The van der Waals surface area contributed by atoms with Gasteiger partial charge in [-0.25, -0.2) is 21.6 Å². The SMILES string of the molecule is CC(C(=O)ON(C(CCn1cccc1C#N)C(=O)N1CCC2(CC1)CC2)S(=O)(=O)c1cc(Cl)c(N)c(Cl)c1)=C1CCN(C(=O)C(CCn2cccc2C#N)NS(=O)(=O)c2cccc3[nH]ccc23)CC1. The molecule has 1 saturated carbocycles. The zero-order valence-corrected chi connectivity index (χ0v) is 40.8. The average Bonchev–Trinajstić information content (AvgIpc) is 3.72. The number of nitrogens with one attached hydrogen (secondary N) is 2. The molecule has 1 aliphatic carbocycles. The molecule has 0 radical (unpaired) electrons. The molecule has 3 aromatic heterocycles. The molecule has 8 rings (SSSR count). The minimum Gasteiger partial charge on any atom is -0.396 e. The summed E-state index contributed by atoms with van der Waals surface area (Å²) in [6, 6.07) is 16.4. The van der Waals surface area contributed by atoms with Crippen LogP contribution in [0.5, 0.6) is 0 Å². The van der Waals surface area contributed by atoms with Crippen LogP contribution in [0.15, 0.2) is 100 Å². The van der Waals surface area contributed by atoms with Crippen molar-refractivity contribution in [1.82, 2.24) is 33.1 Å². The van der Waals surface area contributed by atoms with Crippen molar-refractivity contribution in [3.8, 4) is 12.1 Å². The van der Waals surface area contributed by atoms with E-state index in [2.05, 4.69) is 21.8 Å². The Balaban J connectivity index is 1.06. The molecule has 5 aromatic rings. The number of aryl methyl sites for hydroxylation is 2. The highest BCUT2D eigenvalue weighted by Crippen LogP contribution is 2.53. The number of benzene rings is 2. The van der Waals surface area contributed by atoms with Gasteiger partial charge in [0.05, 0.1) is 25.5 Å². The lowest BCUT2D eigenvalue weighted by Gasteiger charge is -2.37. The Hall–Kier alpha value is -6.13. The number of aromatic amines is 1. The third-order valence-electron chi connectivity index (χ3n) is 13.5. The maximum atomic E-state index is 14.8. The summed E-state index contributed by atoms with van der Waals surface area (Å²) in [4.78, 5) is 54.9. The minimum absolute atomic E-state index is 0.00414. The molecule has 1 spiro atoms. The van der Waals surface area contributed by atoms with Crippen LogP contribution < -0.4 is 10.5 Å². The van der Waals surface area contributed by atoms with Crippen LogP contribution in [0.25, 0.3) is 10.9 Å².